The van der Waals surface area contributed by atoms with Crippen molar-refractivity contribution in [2.24, 2.45) is 0 Å². The Balaban J connectivity index is 1.66. The Hall–Kier alpha value is -3.22. The van der Waals surface area contributed by atoms with Crippen LogP contribution in [-0.2, 0) is 11.3 Å². The van der Waals surface area contributed by atoms with Gasteiger partial charge in [0.25, 0.3) is 5.56 Å². The number of amides is 1. The lowest BCUT2D eigenvalue weighted by Crippen LogP contribution is -2.33. The quantitative estimate of drug-likeness (QED) is 0.735. The maximum absolute atomic E-state index is 13.0. The van der Waals surface area contributed by atoms with E-state index in [4.69, 9.17) is 0 Å². The number of carbonyl (C=O) groups excluding carboxylic acids is 1. The van der Waals surface area contributed by atoms with E-state index in [1.165, 1.54) is 41.8 Å². The number of hydrogen-bond donors (Lipinski definition) is 1. The van der Waals surface area contributed by atoms with Crippen molar-refractivity contribution in [3.8, 4) is 0 Å². The summed E-state index contributed by atoms with van der Waals surface area (Å²) >= 11 is 0. The van der Waals surface area contributed by atoms with Crippen molar-refractivity contribution in [2.45, 2.75) is 32.2 Å². The van der Waals surface area contributed by atoms with Gasteiger partial charge in [-0.25, -0.2) is 9.07 Å². The van der Waals surface area contributed by atoms with Gasteiger partial charge >= 0.3 is 0 Å². The average molecular weight is 394 g/mol. The topological polar surface area (TPSA) is 67.2 Å². The molecule has 0 spiro atoms. The predicted molar refractivity (Wildman–Crippen MR) is 112 cm³/mol. The summed E-state index contributed by atoms with van der Waals surface area (Å²) < 4.78 is 14.3. The summed E-state index contributed by atoms with van der Waals surface area (Å²) in [6.07, 6.45) is 4.54. The number of hydrogen-bond acceptors (Lipinski definition) is 4. The highest BCUT2D eigenvalue weighted by Gasteiger charge is 2.18. The highest BCUT2D eigenvalue weighted by atomic mass is 19.1. The van der Waals surface area contributed by atoms with E-state index in [-0.39, 0.29) is 23.8 Å². The van der Waals surface area contributed by atoms with Crippen molar-refractivity contribution < 1.29 is 9.18 Å². The number of aromatic nitrogens is 2. The Morgan fingerprint density at radius 1 is 0.966 bits per heavy atom. The third-order valence-electron chi connectivity index (χ3n) is 5.18. The molecule has 0 saturated carbocycles. The molecule has 1 fully saturated rings. The van der Waals surface area contributed by atoms with E-state index in [0.717, 1.165) is 37.1 Å². The lowest BCUT2D eigenvalue weighted by molar-refractivity contribution is -0.117. The fraction of sp³-hybridized carbons (Fsp3) is 0.318. The summed E-state index contributed by atoms with van der Waals surface area (Å²) in [5, 5.41) is 8.62. The van der Waals surface area contributed by atoms with Gasteiger partial charge in [-0.3, -0.25) is 9.59 Å². The van der Waals surface area contributed by atoms with E-state index in [1.807, 2.05) is 18.2 Å². The lowest BCUT2D eigenvalue weighted by Gasteiger charge is -2.23. The summed E-state index contributed by atoms with van der Waals surface area (Å²) in [5.74, 6) is -0.0162. The molecule has 1 amide bonds. The van der Waals surface area contributed by atoms with Gasteiger partial charge in [-0.15, -0.1) is 0 Å². The fourth-order valence-corrected chi connectivity index (χ4v) is 3.71. The Kier molecular flexibility index (Phi) is 5.55. The molecule has 1 N–H and O–H groups in total. The number of halogens is 1. The summed E-state index contributed by atoms with van der Waals surface area (Å²) in [4.78, 5) is 27.6. The summed E-state index contributed by atoms with van der Waals surface area (Å²) in [6.45, 7) is 1.57. The standard InChI is InChI=1S/C22H23FN4O2/c23-16-9-11-17(12-10-16)24-20(28)15-27-22(29)19-8-4-3-7-18(19)21(25-27)26-13-5-1-2-6-14-26/h3-4,7-12H,1-2,5-6,13-15H2,(H,24,28). The molecule has 0 atom stereocenters. The van der Waals surface area contributed by atoms with E-state index in [0.29, 0.717) is 11.1 Å². The number of nitrogens with zero attached hydrogens (tertiary/aromatic N) is 3. The van der Waals surface area contributed by atoms with Crippen molar-refractivity contribution in [3.05, 3.63) is 64.7 Å². The van der Waals surface area contributed by atoms with Crippen LogP contribution in [0.5, 0.6) is 0 Å². The highest BCUT2D eigenvalue weighted by molar-refractivity contribution is 5.93. The minimum absolute atomic E-state index is 0.206. The third-order valence-corrected chi connectivity index (χ3v) is 5.18. The Morgan fingerprint density at radius 3 is 2.31 bits per heavy atom. The van der Waals surface area contributed by atoms with Gasteiger partial charge in [-0.05, 0) is 43.2 Å². The van der Waals surface area contributed by atoms with E-state index in [2.05, 4.69) is 15.3 Å². The van der Waals surface area contributed by atoms with Crippen LogP contribution in [0.4, 0.5) is 15.9 Å². The number of benzene rings is 2. The highest BCUT2D eigenvalue weighted by Crippen LogP contribution is 2.24. The normalized spacial score (nSPS) is 14.6. The summed E-state index contributed by atoms with van der Waals surface area (Å²) in [6, 6.07) is 12.9. The number of carbonyl (C=O) groups is 1. The molecule has 4 rings (SSSR count). The van der Waals surface area contributed by atoms with Crippen LogP contribution in [-0.4, -0.2) is 28.8 Å². The van der Waals surface area contributed by atoms with Crippen LogP contribution in [0.25, 0.3) is 10.8 Å². The first-order chi connectivity index (χ1) is 14.1. The molecule has 3 aromatic rings. The molecule has 1 saturated heterocycles. The molecule has 1 aromatic heterocycles. The van der Waals surface area contributed by atoms with Crippen molar-refractivity contribution in [3.63, 3.8) is 0 Å². The van der Waals surface area contributed by atoms with Crippen molar-refractivity contribution in [2.75, 3.05) is 23.3 Å². The maximum atomic E-state index is 13.0. The second-order valence-corrected chi connectivity index (χ2v) is 7.29. The minimum Gasteiger partial charge on any atom is -0.355 e. The first-order valence-corrected chi connectivity index (χ1v) is 9.92. The van der Waals surface area contributed by atoms with Crippen LogP contribution in [0.3, 0.4) is 0 Å². The van der Waals surface area contributed by atoms with Gasteiger partial charge in [0.2, 0.25) is 5.91 Å². The smallest absolute Gasteiger partial charge is 0.275 e. The van der Waals surface area contributed by atoms with Gasteiger partial charge in [-0.1, -0.05) is 31.0 Å². The van der Waals surface area contributed by atoms with Gasteiger partial charge in [0, 0.05) is 24.2 Å². The molecule has 2 heterocycles. The first-order valence-electron chi connectivity index (χ1n) is 9.92. The van der Waals surface area contributed by atoms with Crippen LogP contribution < -0.4 is 15.8 Å². The zero-order valence-corrected chi connectivity index (χ0v) is 16.1. The second kappa shape index (κ2) is 8.43. The van der Waals surface area contributed by atoms with Crippen molar-refractivity contribution >= 4 is 28.2 Å². The van der Waals surface area contributed by atoms with Crippen LogP contribution in [0, 0.1) is 5.82 Å². The third kappa shape index (κ3) is 4.29. The number of anilines is 2. The zero-order chi connectivity index (χ0) is 20.2. The van der Waals surface area contributed by atoms with Crippen molar-refractivity contribution in [1.29, 1.82) is 0 Å². The van der Waals surface area contributed by atoms with Crippen LogP contribution in [0.2, 0.25) is 0 Å². The molecular formula is C22H23FN4O2. The van der Waals surface area contributed by atoms with Gasteiger partial charge < -0.3 is 10.2 Å². The molecule has 150 valence electrons. The average Bonchev–Trinajstić information content (AvgIpc) is 3.01. The van der Waals surface area contributed by atoms with E-state index in [1.54, 1.807) is 6.07 Å². The molecule has 0 unspecified atom stereocenters. The molecule has 0 aliphatic carbocycles. The van der Waals surface area contributed by atoms with Crippen LogP contribution in [0.1, 0.15) is 25.7 Å². The Labute approximate surface area is 167 Å². The molecule has 29 heavy (non-hydrogen) atoms. The number of fused-ring (bicyclic) bond motifs is 1. The summed E-state index contributed by atoms with van der Waals surface area (Å²) in [5.41, 5.74) is 0.173. The van der Waals surface area contributed by atoms with Crippen LogP contribution >= 0.6 is 0 Å². The fourth-order valence-electron chi connectivity index (χ4n) is 3.71. The summed E-state index contributed by atoms with van der Waals surface area (Å²) in [7, 11) is 0. The zero-order valence-electron chi connectivity index (χ0n) is 16.1. The van der Waals surface area contributed by atoms with Gasteiger partial charge in [0.15, 0.2) is 5.82 Å². The lowest BCUT2D eigenvalue weighted by atomic mass is 10.1. The Bertz CT molecular complexity index is 1070. The van der Waals surface area contributed by atoms with E-state index in [9.17, 15) is 14.0 Å². The second-order valence-electron chi connectivity index (χ2n) is 7.29. The maximum Gasteiger partial charge on any atom is 0.275 e. The number of rotatable bonds is 4. The molecule has 6 nitrogen and oxygen atoms in total. The Morgan fingerprint density at radius 2 is 1.62 bits per heavy atom. The minimum atomic E-state index is -0.386. The molecule has 0 radical (unpaired) electrons. The van der Waals surface area contributed by atoms with Gasteiger partial charge in [-0.2, -0.15) is 5.10 Å². The largest absolute Gasteiger partial charge is 0.355 e. The first kappa shape index (κ1) is 19.1. The SMILES string of the molecule is O=C(Cn1nc(N2CCCCCC2)c2ccccc2c1=O)Nc1ccc(F)cc1. The number of nitrogens with one attached hydrogen (secondary N) is 1. The van der Waals surface area contributed by atoms with Crippen LogP contribution in [0.15, 0.2) is 53.3 Å². The van der Waals surface area contributed by atoms with Crippen molar-refractivity contribution in [1.82, 2.24) is 9.78 Å². The van der Waals surface area contributed by atoms with Gasteiger partial charge in [0.05, 0.1) is 5.39 Å². The molecular weight excluding hydrogens is 371 g/mol. The predicted octanol–water partition coefficient (Wildman–Crippen LogP) is 3.55. The molecule has 0 bridgehead atoms. The van der Waals surface area contributed by atoms with E-state index < -0.39 is 0 Å². The molecule has 2 aromatic carbocycles. The molecule has 1 aliphatic rings. The molecule has 7 heteroatoms. The molecule has 1 aliphatic heterocycles. The van der Waals surface area contributed by atoms with Gasteiger partial charge in [0.1, 0.15) is 12.4 Å². The monoisotopic (exact) mass is 394 g/mol. The van der Waals surface area contributed by atoms with E-state index >= 15 is 0 Å².